The molecule has 0 radical (unpaired) electrons. The molecular weight excluding hydrogens is 459 g/mol. The highest BCUT2D eigenvalue weighted by atomic mass is 19.1. The van der Waals surface area contributed by atoms with Gasteiger partial charge in [0.25, 0.3) is 5.56 Å². The van der Waals surface area contributed by atoms with Crippen LogP contribution in [0.4, 0.5) is 4.39 Å². The quantitative estimate of drug-likeness (QED) is 0.376. The predicted molar refractivity (Wildman–Crippen MR) is 135 cm³/mol. The van der Waals surface area contributed by atoms with E-state index in [2.05, 4.69) is 32.3 Å². The van der Waals surface area contributed by atoms with Gasteiger partial charge in [-0.1, -0.05) is 37.3 Å². The number of tetrazole rings is 1. The van der Waals surface area contributed by atoms with Gasteiger partial charge in [0.15, 0.2) is 5.82 Å². The van der Waals surface area contributed by atoms with Gasteiger partial charge in [0.05, 0.1) is 24.2 Å². The van der Waals surface area contributed by atoms with Crippen LogP contribution in [0.2, 0.25) is 0 Å². The zero-order valence-electron chi connectivity index (χ0n) is 20.7. The molecule has 1 saturated heterocycles. The van der Waals surface area contributed by atoms with E-state index < -0.39 is 0 Å². The average Bonchev–Trinajstić information content (AvgIpc) is 3.55. The van der Waals surface area contributed by atoms with E-state index in [1.54, 1.807) is 12.1 Å². The molecule has 9 heteroatoms. The fraction of sp³-hybridized carbons (Fsp3) is 0.407. The first-order chi connectivity index (χ1) is 17.5. The van der Waals surface area contributed by atoms with Crippen LogP contribution in [0.1, 0.15) is 54.7 Å². The lowest BCUT2D eigenvalue weighted by Crippen LogP contribution is -2.33. The smallest absolute Gasteiger partial charge is 0.252 e. The van der Waals surface area contributed by atoms with E-state index in [9.17, 15) is 9.18 Å². The number of pyridine rings is 1. The maximum absolute atomic E-state index is 13.6. The molecule has 0 saturated carbocycles. The molecule has 2 aromatic heterocycles. The van der Waals surface area contributed by atoms with Crippen molar-refractivity contribution in [1.82, 2.24) is 30.1 Å². The van der Waals surface area contributed by atoms with Crippen molar-refractivity contribution in [3.05, 3.63) is 87.2 Å². The Balaban J connectivity index is 1.50. The molecule has 36 heavy (non-hydrogen) atoms. The molecule has 1 N–H and O–H groups in total. The Hall–Kier alpha value is -3.43. The molecule has 0 bridgehead atoms. The summed E-state index contributed by atoms with van der Waals surface area (Å²) in [5.41, 5.74) is 3.37. The van der Waals surface area contributed by atoms with Gasteiger partial charge in [-0.3, -0.25) is 9.69 Å². The number of benzene rings is 2. The summed E-state index contributed by atoms with van der Waals surface area (Å²) in [6, 6.07) is 14.3. The third-order valence-electron chi connectivity index (χ3n) is 6.92. The number of aryl methyl sites for hydroxylation is 1. The fourth-order valence-corrected chi connectivity index (χ4v) is 5.03. The van der Waals surface area contributed by atoms with Crippen molar-refractivity contribution in [3.63, 3.8) is 0 Å². The molecule has 2 atom stereocenters. The molecule has 188 valence electrons. The number of aromatic nitrogens is 5. The van der Waals surface area contributed by atoms with Crippen molar-refractivity contribution in [2.24, 2.45) is 0 Å². The van der Waals surface area contributed by atoms with E-state index in [-0.39, 0.29) is 23.5 Å². The third-order valence-corrected chi connectivity index (χ3v) is 6.92. The van der Waals surface area contributed by atoms with Gasteiger partial charge in [0, 0.05) is 25.3 Å². The lowest BCUT2D eigenvalue weighted by Gasteiger charge is -2.30. The molecule has 0 unspecified atom stereocenters. The summed E-state index contributed by atoms with van der Waals surface area (Å²) in [4.78, 5) is 18.4. The first-order valence-corrected chi connectivity index (χ1v) is 12.5. The Morgan fingerprint density at radius 3 is 2.81 bits per heavy atom. The van der Waals surface area contributed by atoms with E-state index in [0.29, 0.717) is 25.2 Å². The number of rotatable bonds is 9. The number of halogens is 1. The molecule has 8 nitrogen and oxygen atoms in total. The number of hydrogen-bond donors (Lipinski definition) is 1. The van der Waals surface area contributed by atoms with Crippen molar-refractivity contribution in [2.45, 2.75) is 64.9 Å². The van der Waals surface area contributed by atoms with E-state index in [4.69, 9.17) is 4.74 Å². The number of ether oxygens (including phenoxy) is 1. The van der Waals surface area contributed by atoms with Crippen LogP contribution in [0, 0.1) is 12.7 Å². The van der Waals surface area contributed by atoms with Crippen LogP contribution in [0.15, 0.2) is 53.3 Å². The van der Waals surface area contributed by atoms with Gasteiger partial charge in [-0.25, -0.2) is 9.07 Å². The molecule has 1 aliphatic heterocycles. The maximum Gasteiger partial charge on any atom is 0.252 e. The highest BCUT2D eigenvalue weighted by Crippen LogP contribution is 2.27. The van der Waals surface area contributed by atoms with Crippen LogP contribution in [-0.2, 0) is 24.4 Å². The summed E-state index contributed by atoms with van der Waals surface area (Å²) >= 11 is 0. The second kappa shape index (κ2) is 10.7. The van der Waals surface area contributed by atoms with Gasteiger partial charge >= 0.3 is 0 Å². The van der Waals surface area contributed by atoms with Crippen LogP contribution in [0.5, 0.6) is 0 Å². The molecule has 0 aliphatic carbocycles. The number of hydrogen-bond acceptors (Lipinski definition) is 6. The number of nitrogens with zero attached hydrogens (tertiary/aromatic N) is 5. The van der Waals surface area contributed by atoms with E-state index >= 15 is 0 Å². The number of nitrogens with one attached hydrogen (secondary N) is 1. The Labute approximate surface area is 209 Å². The second-order valence-electron chi connectivity index (χ2n) is 9.47. The normalized spacial score (nSPS) is 16.7. The van der Waals surface area contributed by atoms with Gasteiger partial charge in [-0.2, -0.15) is 0 Å². The van der Waals surface area contributed by atoms with E-state index in [1.165, 1.54) is 12.1 Å². The summed E-state index contributed by atoms with van der Waals surface area (Å²) in [6.45, 7) is 6.33. The minimum absolute atomic E-state index is 0.0990. The Morgan fingerprint density at radius 1 is 1.22 bits per heavy atom. The molecule has 5 rings (SSSR count). The van der Waals surface area contributed by atoms with Crippen LogP contribution in [0.25, 0.3) is 10.9 Å². The van der Waals surface area contributed by atoms with Gasteiger partial charge in [0.2, 0.25) is 0 Å². The van der Waals surface area contributed by atoms with Crippen molar-refractivity contribution in [2.75, 3.05) is 6.61 Å². The molecule has 0 amide bonds. The Morgan fingerprint density at radius 2 is 2.06 bits per heavy atom. The van der Waals surface area contributed by atoms with E-state index in [0.717, 1.165) is 53.7 Å². The Kier molecular flexibility index (Phi) is 7.20. The topological polar surface area (TPSA) is 88.9 Å². The maximum atomic E-state index is 13.6. The number of para-hydroxylation sites is 1. The highest BCUT2D eigenvalue weighted by Gasteiger charge is 2.28. The standard InChI is InChI=1S/C27H31FN6O2/c1-3-24(26-30-31-32-34(26)17-23-8-5-13-36-23)33(15-19-9-11-22(28)12-10-19)16-21-14-20-7-4-6-18(2)25(20)29-27(21)35/h4,6-7,9-12,14,23-24H,3,5,8,13,15-17H2,1-2H3,(H,29,35)/t23-,24+/m0/s1. The van der Waals surface area contributed by atoms with Gasteiger partial charge in [-0.05, 0) is 71.3 Å². The van der Waals surface area contributed by atoms with Crippen molar-refractivity contribution in [3.8, 4) is 0 Å². The number of fused-ring (bicyclic) bond motifs is 1. The summed E-state index contributed by atoms with van der Waals surface area (Å²) in [5.74, 6) is 0.461. The van der Waals surface area contributed by atoms with Crippen molar-refractivity contribution in [1.29, 1.82) is 0 Å². The van der Waals surface area contributed by atoms with E-state index in [1.807, 2.05) is 35.9 Å². The number of H-pyrrole nitrogens is 1. The molecule has 4 aromatic rings. The zero-order chi connectivity index (χ0) is 25.1. The predicted octanol–water partition coefficient (Wildman–Crippen LogP) is 4.29. The van der Waals surface area contributed by atoms with Gasteiger partial charge in [-0.15, -0.1) is 5.10 Å². The SMILES string of the molecule is CC[C@H](c1nnnn1C[C@@H]1CCCO1)N(Cc1ccc(F)cc1)Cc1cc2cccc(C)c2[nH]c1=O. The lowest BCUT2D eigenvalue weighted by molar-refractivity contribution is 0.0888. The van der Waals surface area contributed by atoms with Crippen LogP contribution in [0.3, 0.4) is 0 Å². The van der Waals surface area contributed by atoms with Gasteiger partial charge in [0.1, 0.15) is 5.82 Å². The molecule has 0 spiro atoms. The van der Waals surface area contributed by atoms with Gasteiger partial charge < -0.3 is 9.72 Å². The highest BCUT2D eigenvalue weighted by molar-refractivity contribution is 5.81. The minimum Gasteiger partial charge on any atom is -0.376 e. The third kappa shape index (κ3) is 5.22. The molecule has 3 heterocycles. The summed E-state index contributed by atoms with van der Waals surface area (Å²) in [7, 11) is 0. The second-order valence-corrected chi connectivity index (χ2v) is 9.47. The largest absolute Gasteiger partial charge is 0.376 e. The first-order valence-electron chi connectivity index (χ1n) is 12.5. The Bertz CT molecular complexity index is 1380. The van der Waals surface area contributed by atoms with Crippen LogP contribution >= 0.6 is 0 Å². The average molecular weight is 491 g/mol. The lowest BCUT2D eigenvalue weighted by atomic mass is 10.1. The monoisotopic (exact) mass is 490 g/mol. The minimum atomic E-state index is -0.279. The van der Waals surface area contributed by atoms with Crippen LogP contribution < -0.4 is 5.56 Å². The van der Waals surface area contributed by atoms with Crippen molar-refractivity contribution < 1.29 is 9.13 Å². The first kappa shape index (κ1) is 24.3. The zero-order valence-corrected chi connectivity index (χ0v) is 20.7. The molecule has 1 aliphatic rings. The molecular formula is C27H31FN6O2. The summed E-state index contributed by atoms with van der Waals surface area (Å²) in [6.07, 6.45) is 2.86. The van der Waals surface area contributed by atoms with Crippen molar-refractivity contribution >= 4 is 10.9 Å². The summed E-state index contributed by atoms with van der Waals surface area (Å²) < 4.78 is 21.2. The number of aromatic amines is 1. The fourth-order valence-electron chi connectivity index (χ4n) is 5.03. The molecule has 2 aromatic carbocycles. The van der Waals surface area contributed by atoms with Crippen LogP contribution in [-0.4, -0.2) is 42.8 Å². The summed E-state index contributed by atoms with van der Waals surface area (Å²) in [5, 5.41) is 13.6. The molecule has 1 fully saturated rings.